The molecule has 0 aliphatic heterocycles. The number of imidazole rings is 1. The lowest BCUT2D eigenvalue weighted by Crippen LogP contribution is -2.18. The molecule has 0 bridgehead atoms. The molecule has 2 aromatic heterocycles. The fourth-order valence-electron chi connectivity index (χ4n) is 3.67. The van der Waals surface area contributed by atoms with Crippen LogP contribution in [0.3, 0.4) is 0 Å². The van der Waals surface area contributed by atoms with Crippen molar-refractivity contribution < 1.29 is 50.3 Å². The minimum atomic E-state index is -4.48. The fraction of sp³-hybridized carbons (Fsp3) is 0.208. The molecule has 0 amide bonds. The minimum Gasteiger partial charge on any atom is -0.493 e. The van der Waals surface area contributed by atoms with Gasteiger partial charge in [0.15, 0.2) is 18.1 Å². The molecule has 0 fully saturated rings. The van der Waals surface area contributed by atoms with Crippen LogP contribution in [0.5, 0.6) is 23.0 Å². The zero-order valence-electron chi connectivity index (χ0n) is 20.8. The normalized spacial score (nSPS) is 12.3. The second-order valence-electron chi connectivity index (χ2n) is 7.83. The Morgan fingerprint density at radius 3 is 2.40 bits per heavy atom. The van der Waals surface area contributed by atoms with Gasteiger partial charge in [0, 0.05) is 18.3 Å². The van der Waals surface area contributed by atoms with Gasteiger partial charge in [-0.25, -0.2) is 22.2 Å². The molecule has 2 aromatic carbocycles. The minimum absolute atomic E-state index is 0.0539. The molecule has 1 N–H and O–H groups in total. The van der Waals surface area contributed by atoms with Gasteiger partial charge >= 0.3 is 12.6 Å². The number of nitrogens with zero attached hydrogens (tertiary/aromatic N) is 3. The van der Waals surface area contributed by atoms with Crippen LogP contribution in [-0.2, 0) is 31.4 Å². The molecule has 0 saturated heterocycles. The molecular formula is C24H21F2N3O9S2. The summed E-state index contributed by atoms with van der Waals surface area (Å²) in [5.41, 5.74) is 0.0663. The third-order valence-electron chi connectivity index (χ3n) is 5.34. The Labute approximate surface area is 228 Å². The number of benzene rings is 2. The number of hydrogen-bond donors (Lipinski definition) is 1. The molecule has 0 aliphatic carbocycles. The van der Waals surface area contributed by atoms with Gasteiger partial charge in [0.1, 0.15) is 11.5 Å². The highest BCUT2D eigenvalue weighted by Crippen LogP contribution is 2.33. The van der Waals surface area contributed by atoms with Gasteiger partial charge in [-0.05, 0) is 36.4 Å². The number of ether oxygens (including phenoxy) is 4. The van der Waals surface area contributed by atoms with Gasteiger partial charge in [0.2, 0.25) is 5.16 Å². The quantitative estimate of drug-likeness (QED) is 0.256. The van der Waals surface area contributed by atoms with Gasteiger partial charge in [-0.3, -0.25) is 9.19 Å². The van der Waals surface area contributed by atoms with E-state index in [9.17, 15) is 26.2 Å². The van der Waals surface area contributed by atoms with Crippen molar-refractivity contribution in [3.63, 3.8) is 0 Å². The van der Waals surface area contributed by atoms with Crippen molar-refractivity contribution in [2.45, 2.75) is 22.4 Å². The molecule has 40 heavy (non-hydrogen) atoms. The Kier molecular flexibility index (Phi) is 8.49. The van der Waals surface area contributed by atoms with Crippen LogP contribution in [0.15, 0.2) is 64.8 Å². The number of aliphatic carboxylic acids is 1. The number of alkyl halides is 2. The molecule has 0 radical (unpaired) electrons. The number of rotatable bonds is 12. The van der Waals surface area contributed by atoms with E-state index in [-0.39, 0.29) is 44.6 Å². The highest BCUT2D eigenvalue weighted by Gasteiger charge is 2.29. The first-order valence-electron chi connectivity index (χ1n) is 11.2. The van der Waals surface area contributed by atoms with Gasteiger partial charge in [-0.15, -0.1) is 0 Å². The van der Waals surface area contributed by atoms with Crippen molar-refractivity contribution in [2.75, 3.05) is 20.8 Å². The molecule has 1 atom stereocenters. The Morgan fingerprint density at radius 1 is 1.07 bits per heavy atom. The van der Waals surface area contributed by atoms with Crippen molar-refractivity contribution in [3.05, 3.63) is 60.4 Å². The summed E-state index contributed by atoms with van der Waals surface area (Å²) >= 11 is 0. The van der Waals surface area contributed by atoms with E-state index in [2.05, 4.69) is 14.7 Å². The Hall–Kier alpha value is -4.31. The van der Waals surface area contributed by atoms with Gasteiger partial charge in [-0.2, -0.15) is 8.78 Å². The summed E-state index contributed by atoms with van der Waals surface area (Å²) in [6.07, 6.45) is 1.40. The number of carbonyl (C=O) groups is 1. The third-order valence-corrected chi connectivity index (χ3v) is 8.39. The maximum atomic E-state index is 13.8. The van der Waals surface area contributed by atoms with Crippen LogP contribution in [0, 0.1) is 0 Å². The summed E-state index contributed by atoms with van der Waals surface area (Å²) in [5.74, 6) is -1.23. The van der Waals surface area contributed by atoms with Crippen LogP contribution in [0.2, 0.25) is 0 Å². The Bertz CT molecular complexity index is 1680. The third kappa shape index (κ3) is 5.96. The highest BCUT2D eigenvalue weighted by atomic mass is 32.2. The number of carboxylic acid groups (broad SMARTS) is 1. The van der Waals surface area contributed by atoms with Crippen LogP contribution >= 0.6 is 0 Å². The monoisotopic (exact) mass is 597 g/mol. The maximum Gasteiger partial charge on any atom is 0.387 e. The first-order valence-corrected chi connectivity index (χ1v) is 13.9. The number of aromatic nitrogens is 3. The standard InChI is InChI=1S/C24H21F2N3O9S2/c1-35-20-9-10-27-18(22(20)36-2)13-39(32)24-28-17-11-15(38-23(25)26)5-8-19(17)29(24)40(33,34)16-6-3-14(4-7-16)37-12-21(30)31/h3-11,23H,12-13H2,1-2H3,(H,30,31). The lowest BCUT2D eigenvalue weighted by atomic mass is 10.3. The zero-order chi connectivity index (χ0) is 29.0. The second-order valence-corrected chi connectivity index (χ2v) is 11.0. The van der Waals surface area contributed by atoms with Crippen LogP contribution < -0.4 is 18.9 Å². The summed E-state index contributed by atoms with van der Waals surface area (Å²) in [7, 11) is -3.87. The summed E-state index contributed by atoms with van der Waals surface area (Å²) in [6, 6.07) is 9.81. The summed E-state index contributed by atoms with van der Waals surface area (Å²) in [6.45, 7) is -3.77. The summed E-state index contributed by atoms with van der Waals surface area (Å²) in [4.78, 5) is 18.8. The molecule has 1 unspecified atom stereocenters. The smallest absolute Gasteiger partial charge is 0.387 e. The number of carboxylic acids is 1. The van der Waals surface area contributed by atoms with Gasteiger partial charge in [-0.1, -0.05) is 0 Å². The van der Waals surface area contributed by atoms with Crippen molar-refractivity contribution in [1.29, 1.82) is 0 Å². The van der Waals surface area contributed by atoms with E-state index < -0.39 is 45.2 Å². The van der Waals surface area contributed by atoms with Gasteiger partial charge < -0.3 is 24.1 Å². The topological polar surface area (TPSA) is 156 Å². The molecule has 12 nitrogen and oxygen atoms in total. The van der Waals surface area contributed by atoms with Crippen molar-refractivity contribution in [3.8, 4) is 23.0 Å². The van der Waals surface area contributed by atoms with Crippen LogP contribution in [0.1, 0.15) is 5.69 Å². The van der Waals surface area contributed by atoms with Crippen LogP contribution in [0.25, 0.3) is 11.0 Å². The maximum absolute atomic E-state index is 13.8. The molecule has 16 heteroatoms. The van der Waals surface area contributed by atoms with E-state index in [1.807, 2.05) is 0 Å². The Balaban J connectivity index is 1.82. The van der Waals surface area contributed by atoms with E-state index in [0.29, 0.717) is 5.75 Å². The average molecular weight is 598 g/mol. The van der Waals surface area contributed by atoms with Crippen molar-refractivity contribution >= 4 is 37.8 Å². The lowest BCUT2D eigenvalue weighted by molar-refractivity contribution is -0.139. The number of pyridine rings is 1. The van der Waals surface area contributed by atoms with E-state index in [1.54, 1.807) is 0 Å². The zero-order valence-corrected chi connectivity index (χ0v) is 22.4. The lowest BCUT2D eigenvalue weighted by Gasteiger charge is -2.13. The number of methoxy groups -OCH3 is 2. The van der Waals surface area contributed by atoms with Crippen molar-refractivity contribution in [2.24, 2.45) is 0 Å². The summed E-state index contributed by atoms with van der Waals surface area (Å²) < 4.78 is 87.5. The van der Waals surface area contributed by atoms with E-state index in [4.69, 9.17) is 19.3 Å². The van der Waals surface area contributed by atoms with Crippen LogP contribution in [0.4, 0.5) is 8.78 Å². The van der Waals surface area contributed by atoms with E-state index >= 15 is 0 Å². The van der Waals surface area contributed by atoms with Gasteiger partial charge in [0.05, 0.1) is 52.4 Å². The molecule has 4 aromatic rings. The first-order chi connectivity index (χ1) is 19.0. The number of hydrogen-bond acceptors (Lipinski definition) is 10. The molecule has 4 rings (SSSR count). The molecule has 0 aliphatic rings. The number of fused-ring (bicyclic) bond motifs is 1. The number of halogens is 2. The van der Waals surface area contributed by atoms with Crippen molar-refractivity contribution in [1.82, 2.24) is 13.9 Å². The molecule has 0 saturated carbocycles. The highest BCUT2D eigenvalue weighted by molar-refractivity contribution is 7.91. The fourth-order valence-corrected chi connectivity index (χ4v) is 6.63. The van der Waals surface area contributed by atoms with Crippen LogP contribution in [-0.4, -0.2) is 65.1 Å². The van der Waals surface area contributed by atoms with Gasteiger partial charge in [0.25, 0.3) is 10.0 Å². The SMILES string of the molecule is COc1ccnc(CS(=O)c2nc3cc(OC(F)F)ccc3n2S(=O)(=O)c2ccc(OCC(=O)O)cc2)c1OC. The molecule has 2 heterocycles. The molecular weight excluding hydrogens is 576 g/mol. The molecule has 212 valence electrons. The largest absolute Gasteiger partial charge is 0.493 e. The van der Waals surface area contributed by atoms with E-state index in [0.717, 1.165) is 16.1 Å². The predicted octanol–water partition coefficient (Wildman–Crippen LogP) is 3.06. The predicted molar refractivity (Wildman–Crippen MR) is 136 cm³/mol. The molecule has 0 spiro atoms. The Morgan fingerprint density at radius 2 is 1.77 bits per heavy atom. The first kappa shape index (κ1) is 28.7. The average Bonchev–Trinajstić information content (AvgIpc) is 3.31. The summed E-state index contributed by atoms with van der Waals surface area (Å²) in [5, 5.41) is 8.36. The van der Waals surface area contributed by atoms with E-state index in [1.165, 1.54) is 56.8 Å². The second kappa shape index (κ2) is 11.8.